The second-order valence-electron chi connectivity index (χ2n) is 9.71. The molecule has 27 heavy (non-hydrogen) atoms. The lowest BCUT2D eigenvalue weighted by Gasteiger charge is -2.37. The summed E-state index contributed by atoms with van der Waals surface area (Å²) in [6, 6.07) is 0.142. The first kappa shape index (κ1) is 26.1. The first-order valence-corrected chi connectivity index (χ1v) is 13.0. The fraction of sp³-hybridized carbons (Fsp3) is 0.857. The van der Waals surface area contributed by atoms with Crippen LogP contribution in [0.1, 0.15) is 62.3 Å². The molecule has 0 aliphatic carbocycles. The predicted octanol–water partition coefficient (Wildman–Crippen LogP) is 5.41. The minimum atomic E-state index is -1.83. The summed E-state index contributed by atoms with van der Waals surface area (Å²) in [5.41, 5.74) is 0. The Kier molecular flexibility index (Phi) is 10.3. The van der Waals surface area contributed by atoms with Crippen LogP contribution in [0.4, 0.5) is 4.79 Å². The van der Waals surface area contributed by atoms with Crippen LogP contribution in [0, 0.1) is 11.8 Å². The molecule has 0 bridgehead atoms. The molecule has 3 atom stereocenters. The SMILES string of the molecule is CC(C)N(C(=O)O/C=C\[C@H](C)[C@H](O)[C@@H](C)CO[Si](C)(C)C(C)(C)C)C(C)C. The Labute approximate surface area is 168 Å². The summed E-state index contributed by atoms with van der Waals surface area (Å²) in [6.45, 7) is 23.3. The smallest absolute Gasteiger partial charge is 0.415 e. The Bertz CT molecular complexity index is 475. The summed E-state index contributed by atoms with van der Waals surface area (Å²) < 4.78 is 11.5. The van der Waals surface area contributed by atoms with Gasteiger partial charge in [0.15, 0.2) is 8.32 Å². The van der Waals surface area contributed by atoms with Gasteiger partial charge in [-0.2, -0.15) is 0 Å². The average molecular weight is 402 g/mol. The van der Waals surface area contributed by atoms with E-state index in [0.29, 0.717) is 6.61 Å². The molecular formula is C21H43NO4Si. The number of aliphatic hydroxyl groups is 1. The number of nitrogens with zero attached hydrogens (tertiary/aromatic N) is 1. The molecular weight excluding hydrogens is 358 g/mol. The molecule has 0 unspecified atom stereocenters. The second-order valence-corrected chi connectivity index (χ2v) is 14.5. The molecule has 1 amide bonds. The standard InChI is InChI=1S/C21H43NO4Si/c1-15(2)22(16(3)4)20(24)25-13-12-17(5)19(23)18(6)14-26-27(10,11)21(7,8)9/h12-13,15-19,23H,14H2,1-11H3/b13-12-/t17-,18-,19-/m0/s1. The van der Waals surface area contributed by atoms with Gasteiger partial charge in [0.05, 0.1) is 12.4 Å². The third kappa shape index (κ3) is 8.36. The molecule has 0 rings (SSSR count). The summed E-state index contributed by atoms with van der Waals surface area (Å²) >= 11 is 0. The summed E-state index contributed by atoms with van der Waals surface area (Å²) in [5, 5.41) is 10.7. The van der Waals surface area contributed by atoms with Gasteiger partial charge in [-0.15, -0.1) is 0 Å². The fourth-order valence-corrected chi connectivity index (χ4v) is 3.70. The molecule has 0 aromatic heterocycles. The monoisotopic (exact) mass is 401 g/mol. The number of hydrogen-bond acceptors (Lipinski definition) is 4. The highest BCUT2D eigenvalue weighted by Crippen LogP contribution is 2.37. The fourth-order valence-electron chi connectivity index (χ4n) is 2.59. The Morgan fingerprint density at radius 1 is 1.07 bits per heavy atom. The molecule has 0 aromatic carbocycles. The summed E-state index contributed by atoms with van der Waals surface area (Å²) in [5.74, 6) is -0.139. The van der Waals surface area contributed by atoms with Crippen molar-refractivity contribution in [3.63, 3.8) is 0 Å². The maximum Gasteiger partial charge on any atom is 0.415 e. The van der Waals surface area contributed by atoms with Crippen LogP contribution in [0.2, 0.25) is 18.1 Å². The molecule has 0 saturated heterocycles. The molecule has 0 aromatic rings. The van der Waals surface area contributed by atoms with E-state index in [-0.39, 0.29) is 35.1 Å². The number of rotatable bonds is 9. The van der Waals surface area contributed by atoms with Crippen molar-refractivity contribution in [3.05, 3.63) is 12.3 Å². The maximum absolute atomic E-state index is 12.2. The minimum Gasteiger partial charge on any atom is -0.418 e. The van der Waals surface area contributed by atoms with Gasteiger partial charge < -0.3 is 19.2 Å². The van der Waals surface area contributed by atoms with E-state index in [2.05, 4.69) is 33.9 Å². The van der Waals surface area contributed by atoms with Gasteiger partial charge in [-0.25, -0.2) is 4.79 Å². The van der Waals surface area contributed by atoms with E-state index in [1.165, 1.54) is 6.26 Å². The van der Waals surface area contributed by atoms with Crippen molar-refractivity contribution in [3.8, 4) is 0 Å². The van der Waals surface area contributed by atoms with Crippen LogP contribution in [-0.4, -0.2) is 49.2 Å². The van der Waals surface area contributed by atoms with Crippen molar-refractivity contribution >= 4 is 14.4 Å². The van der Waals surface area contributed by atoms with Gasteiger partial charge in [-0.1, -0.05) is 34.6 Å². The van der Waals surface area contributed by atoms with Gasteiger partial charge in [-0.05, 0) is 51.9 Å². The Morgan fingerprint density at radius 2 is 1.56 bits per heavy atom. The number of carbonyl (C=O) groups is 1. The van der Waals surface area contributed by atoms with E-state index in [9.17, 15) is 9.90 Å². The minimum absolute atomic E-state index is 0.00250. The lowest BCUT2D eigenvalue weighted by atomic mass is 9.94. The molecule has 160 valence electrons. The molecule has 0 aliphatic rings. The van der Waals surface area contributed by atoms with E-state index in [4.69, 9.17) is 9.16 Å². The van der Waals surface area contributed by atoms with Crippen molar-refractivity contribution in [1.82, 2.24) is 4.90 Å². The van der Waals surface area contributed by atoms with Crippen molar-refractivity contribution < 1.29 is 19.1 Å². The number of carbonyl (C=O) groups excluding carboxylic acids is 1. The molecule has 6 heteroatoms. The predicted molar refractivity (Wildman–Crippen MR) is 115 cm³/mol. The zero-order chi connectivity index (χ0) is 21.6. The molecule has 0 aliphatic heterocycles. The molecule has 0 radical (unpaired) electrons. The van der Waals surface area contributed by atoms with E-state index >= 15 is 0 Å². The highest BCUT2D eigenvalue weighted by Gasteiger charge is 2.37. The zero-order valence-corrected chi connectivity index (χ0v) is 20.4. The largest absolute Gasteiger partial charge is 0.418 e. The molecule has 0 spiro atoms. The third-order valence-corrected chi connectivity index (χ3v) is 10.0. The van der Waals surface area contributed by atoms with E-state index in [1.807, 2.05) is 41.5 Å². The Hall–Kier alpha value is -0.853. The number of hydrogen-bond donors (Lipinski definition) is 1. The van der Waals surface area contributed by atoms with Crippen LogP contribution in [0.15, 0.2) is 12.3 Å². The second kappa shape index (κ2) is 10.6. The molecule has 0 fully saturated rings. The lowest BCUT2D eigenvalue weighted by Crippen LogP contribution is -2.43. The number of amides is 1. The van der Waals surface area contributed by atoms with Gasteiger partial charge in [0.25, 0.3) is 0 Å². The third-order valence-electron chi connectivity index (χ3n) is 5.51. The summed E-state index contributed by atoms with van der Waals surface area (Å²) in [7, 11) is -1.83. The molecule has 0 saturated carbocycles. The van der Waals surface area contributed by atoms with Crippen molar-refractivity contribution in [2.75, 3.05) is 6.61 Å². The summed E-state index contributed by atoms with van der Waals surface area (Å²) in [4.78, 5) is 13.9. The van der Waals surface area contributed by atoms with Crippen LogP contribution in [0.5, 0.6) is 0 Å². The number of aliphatic hydroxyl groups excluding tert-OH is 1. The van der Waals surface area contributed by atoms with Gasteiger partial charge >= 0.3 is 6.09 Å². The van der Waals surface area contributed by atoms with Crippen LogP contribution < -0.4 is 0 Å². The topological polar surface area (TPSA) is 59.0 Å². The number of ether oxygens (including phenoxy) is 1. The van der Waals surface area contributed by atoms with Gasteiger partial charge in [0.2, 0.25) is 0 Å². The van der Waals surface area contributed by atoms with Gasteiger partial charge in [0, 0.05) is 30.5 Å². The first-order chi connectivity index (χ1) is 12.1. The van der Waals surface area contributed by atoms with Gasteiger partial charge in [-0.3, -0.25) is 0 Å². The van der Waals surface area contributed by atoms with Crippen molar-refractivity contribution in [1.29, 1.82) is 0 Å². The van der Waals surface area contributed by atoms with E-state index in [0.717, 1.165) is 0 Å². The first-order valence-electron chi connectivity index (χ1n) is 10.1. The lowest BCUT2D eigenvalue weighted by molar-refractivity contribution is 0.0528. The Morgan fingerprint density at radius 3 is 1.96 bits per heavy atom. The van der Waals surface area contributed by atoms with Crippen LogP contribution in [-0.2, 0) is 9.16 Å². The van der Waals surface area contributed by atoms with Crippen LogP contribution >= 0.6 is 0 Å². The van der Waals surface area contributed by atoms with Crippen LogP contribution in [0.3, 0.4) is 0 Å². The van der Waals surface area contributed by atoms with Crippen molar-refractivity contribution in [2.45, 2.75) is 98.6 Å². The molecule has 1 N–H and O–H groups in total. The highest BCUT2D eigenvalue weighted by atomic mass is 28.4. The van der Waals surface area contributed by atoms with Gasteiger partial charge in [0.1, 0.15) is 0 Å². The average Bonchev–Trinajstić information content (AvgIpc) is 2.49. The van der Waals surface area contributed by atoms with Crippen LogP contribution in [0.25, 0.3) is 0 Å². The maximum atomic E-state index is 12.2. The van der Waals surface area contributed by atoms with Crippen molar-refractivity contribution in [2.24, 2.45) is 11.8 Å². The van der Waals surface area contributed by atoms with E-state index < -0.39 is 14.4 Å². The quantitative estimate of drug-likeness (QED) is 0.414. The zero-order valence-electron chi connectivity index (χ0n) is 19.4. The molecule has 0 heterocycles. The molecule has 5 nitrogen and oxygen atoms in total. The Balaban J connectivity index is 4.66. The summed E-state index contributed by atoms with van der Waals surface area (Å²) in [6.07, 6.45) is 2.21. The highest BCUT2D eigenvalue weighted by molar-refractivity contribution is 6.74. The normalized spacial score (nSPS) is 16.7. The van der Waals surface area contributed by atoms with E-state index in [1.54, 1.807) is 11.0 Å².